The maximum absolute atomic E-state index is 11.5. The van der Waals surface area contributed by atoms with Gasteiger partial charge in [-0.25, -0.2) is 4.79 Å². The molecule has 0 aromatic heterocycles. The lowest BCUT2D eigenvalue weighted by atomic mass is 10.1. The van der Waals surface area contributed by atoms with Crippen LogP contribution in [-0.2, 0) is 4.74 Å². The fraction of sp³-hybridized carbons (Fsp3) is 0.462. The lowest BCUT2D eigenvalue weighted by Crippen LogP contribution is -2.07. The van der Waals surface area contributed by atoms with Crippen molar-refractivity contribution in [1.82, 2.24) is 0 Å². The Bertz CT molecular complexity index is 397. The Balaban J connectivity index is 2.11. The molecule has 86 valence electrons. The molecule has 3 nitrogen and oxygen atoms in total. The summed E-state index contributed by atoms with van der Waals surface area (Å²) in [6.07, 6.45) is 2.50. The Labute approximate surface area is 95.8 Å². The molecule has 0 bridgehead atoms. The molecule has 0 heterocycles. The molecular weight excluding hydrogens is 202 g/mol. The molecule has 1 saturated carbocycles. The predicted octanol–water partition coefficient (Wildman–Crippen LogP) is 2.75. The van der Waals surface area contributed by atoms with Gasteiger partial charge in [0.1, 0.15) is 0 Å². The summed E-state index contributed by atoms with van der Waals surface area (Å²) < 4.78 is 4.96. The van der Waals surface area contributed by atoms with Crippen LogP contribution in [-0.4, -0.2) is 18.6 Å². The first-order valence-corrected chi connectivity index (χ1v) is 5.75. The maximum Gasteiger partial charge on any atom is 0.338 e. The van der Waals surface area contributed by atoms with E-state index in [2.05, 4.69) is 5.32 Å². The number of esters is 1. The molecular formula is C13H17NO2. The van der Waals surface area contributed by atoms with Crippen LogP contribution >= 0.6 is 0 Å². The highest BCUT2D eigenvalue weighted by Gasteiger charge is 2.21. The van der Waals surface area contributed by atoms with E-state index < -0.39 is 0 Å². The molecule has 1 aliphatic rings. The molecule has 3 heteroatoms. The number of hydrogen-bond donors (Lipinski definition) is 1. The minimum absolute atomic E-state index is 0.247. The molecule has 2 rings (SSSR count). The predicted molar refractivity (Wildman–Crippen MR) is 63.8 cm³/mol. The van der Waals surface area contributed by atoms with Crippen LogP contribution in [0.4, 0.5) is 5.69 Å². The van der Waals surface area contributed by atoms with Crippen molar-refractivity contribution in [1.29, 1.82) is 0 Å². The second-order valence-electron chi connectivity index (χ2n) is 4.17. The molecule has 1 N–H and O–H groups in total. The summed E-state index contributed by atoms with van der Waals surface area (Å²) >= 11 is 0. The molecule has 0 atom stereocenters. The molecule has 0 unspecified atom stereocenters. The average molecular weight is 219 g/mol. The van der Waals surface area contributed by atoms with Crippen molar-refractivity contribution in [2.75, 3.05) is 11.9 Å². The second kappa shape index (κ2) is 4.56. The van der Waals surface area contributed by atoms with Crippen LogP contribution in [0.2, 0.25) is 0 Å². The molecule has 1 aromatic carbocycles. The van der Waals surface area contributed by atoms with E-state index in [1.165, 1.54) is 12.8 Å². The lowest BCUT2D eigenvalue weighted by Gasteiger charge is -2.09. The Kier molecular flexibility index (Phi) is 3.13. The smallest absolute Gasteiger partial charge is 0.338 e. The van der Waals surface area contributed by atoms with Crippen LogP contribution in [0.3, 0.4) is 0 Å². The fourth-order valence-electron chi connectivity index (χ4n) is 1.61. The van der Waals surface area contributed by atoms with Gasteiger partial charge in [0.2, 0.25) is 0 Å². The Morgan fingerprint density at radius 3 is 2.81 bits per heavy atom. The van der Waals surface area contributed by atoms with Crippen LogP contribution in [0.1, 0.15) is 35.7 Å². The van der Waals surface area contributed by atoms with Gasteiger partial charge in [0.05, 0.1) is 12.2 Å². The highest BCUT2D eigenvalue weighted by atomic mass is 16.5. The van der Waals surface area contributed by atoms with E-state index in [-0.39, 0.29) is 5.97 Å². The highest BCUT2D eigenvalue weighted by Crippen LogP contribution is 2.27. The summed E-state index contributed by atoms with van der Waals surface area (Å²) in [5, 5.41) is 3.43. The number of aryl methyl sites for hydroxylation is 1. The van der Waals surface area contributed by atoms with Crippen molar-refractivity contribution in [2.45, 2.75) is 32.7 Å². The average Bonchev–Trinajstić information content (AvgIpc) is 3.05. The minimum Gasteiger partial charge on any atom is -0.462 e. The first-order valence-electron chi connectivity index (χ1n) is 5.75. The van der Waals surface area contributed by atoms with Crippen LogP contribution in [0.5, 0.6) is 0 Å². The van der Waals surface area contributed by atoms with Gasteiger partial charge in [-0.1, -0.05) is 0 Å². The number of nitrogens with one attached hydrogen (secondary N) is 1. The number of hydrogen-bond acceptors (Lipinski definition) is 3. The van der Waals surface area contributed by atoms with Crippen molar-refractivity contribution in [2.24, 2.45) is 0 Å². The third-order valence-electron chi connectivity index (χ3n) is 2.67. The normalized spacial score (nSPS) is 14.6. The third kappa shape index (κ3) is 2.54. The summed E-state index contributed by atoms with van der Waals surface area (Å²) in [5.74, 6) is -0.247. The van der Waals surface area contributed by atoms with E-state index in [1.54, 1.807) is 0 Å². The van der Waals surface area contributed by atoms with Gasteiger partial charge in [-0.3, -0.25) is 0 Å². The van der Waals surface area contributed by atoms with Gasteiger partial charge in [-0.05, 0) is 50.5 Å². The van der Waals surface area contributed by atoms with Gasteiger partial charge in [0, 0.05) is 11.7 Å². The van der Waals surface area contributed by atoms with E-state index in [1.807, 2.05) is 32.0 Å². The Hall–Kier alpha value is -1.51. The van der Waals surface area contributed by atoms with E-state index in [0.29, 0.717) is 18.2 Å². The van der Waals surface area contributed by atoms with Crippen LogP contribution < -0.4 is 5.32 Å². The number of ether oxygens (including phenoxy) is 1. The van der Waals surface area contributed by atoms with Gasteiger partial charge in [0.15, 0.2) is 0 Å². The Morgan fingerprint density at radius 1 is 1.50 bits per heavy atom. The van der Waals surface area contributed by atoms with E-state index >= 15 is 0 Å². The number of rotatable bonds is 4. The molecule has 0 aliphatic heterocycles. The van der Waals surface area contributed by atoms with Crippen molar-refractivity contribution >= 4 is 11.7 Å². The van der Waals surface area contributed by atoms with Gasteiger partial charge in [-0.2, -0.15) is 0 Å². The van der Waals surface area contributed by atoms with Gasteiger partial charge >= 0.3 is 5.97 Å². The fourth-order valence-corrected chi connectivity index (χ4v) is 1.61. The standard InChI is InChI=1S/C13H17NO2/c1-3-16-13(15)10-4-7-12(9(2)8-10)14-11-5-6-11/h4,7-8,11,14H,3,5-6H2,1-2H3. The topological polar surface area (TPSA) is 38.3 Å². The maximum atomic E-state index is 11.5. The largest absolute Gasteiger partial charge is 0.462 e. The van der Waals surface area contributed by atoms with E-state index in [4.69, 9.17) is 4.74 Å². The van der Waals surface area contributed by atoms with Crippen LogP contribution in [0.25, 0.3) is 0 Å². The Morgan fingerprint density at radius 2 is 2.25 bits per heavy atom. The molecule has 1 fully saturated rings. The van der Waals surface area contributed by atoms with Crippen LogP contribution in [0, 0.1) is 6.92 Å². The summed E-state index contributed by atoms with van der Waals surface area (Å²) in [6, 6.07) is 6.28. The SMILES string of the molecule is CCOC(=O)c1ccc(NC2CC2)c(C)c1. The molecule has 0 saturated heterocycles. The summed E-state index contributed by atoms with van der Waals surface area (Å²) in [7, 11) is 0. The molecule has 1 aliphatic carbocycles. The zero-order chi connectivity index (χ0) is 11.5. The lowest BCUT2D eigenvalue weighted by molar-refractivity contribution is 0.0526. The minimum atomic E-state index is -0.247. The zero-order valence-corrected chi connectivity index (χ0v) is 9.75. The second-order valence-corrected chi connectivity index (χ2v) is 4.17. The zero-order valence-electron chi connectivity index (χ0n) is 9.75. The van der Waals surface area contributed by atoms with Crippen molar-refractivity contribution in [3.63, 3.8) is 0 Å². The molecule has 16 heavy (non-hydrogen) atoms. The van der Waals surface area contributed by atoms with Crippen molar-refractivity contribution in [3.05, 3.63) is 29.3 Å². The van der Waals surface area contributed by atoms with Crippen molar-refractivity contribution < 1.29 is 9.53 Å². The first-order chi connectivity index (χ1) is 7.70. The number of benzene rings is 1. The number of carbonyl (C=O) groups excluding carboxylic acids is 1. The number of anilines is 1. The monoisotopic (exact) mass is 219 g/mol. The highest BCUT2D eigenvalue weighted by molar-refractivity contribution is 5.90. The van der Waals surface area contributed by atoms with Crippen LogP contribution in [0.15, 0.2) is 18.2 Å². The van der Waals surface area contributed by atoms with Gasteiger partial charge in [-0.15, -0.1) is 0 Å². The molecule has 0 radical (unpaired) electrons. The first kappa shape index (κ1) is 11.0. The molecule has 0 amide bonds. The number of carbonyl (C=O) groups is 1. The van der Waals surface area contributed by atoms with Crippen molar-refractivity contribution in [3.8, 4) is 0 Å². The van der Waals surface area contributed by atoms with E-state index in [0.717, 1.165) is 11.3 Å². The third-order valence-corrected chi connectivity index (χ3v) is 2.67. The summed E-state index contributed by atoms with van der Waals surface area (Å²) in [5.41, 5.74) is 2.84. The summed E-state index contributed by atoms with van der Waals surface area (Å²) in [4.78, 5) is 11.5. The van der Waals surface area contributed by atoms with E-state index in [9.17, 15) is 4.79 Å². The van der Waals surface area contributed by atoms with Gasteiger partial charge in [0.25, 0.3) is 0 Å². The molecule has 1 aromatic rings. The quantitative estimate of drug-likeness (QED) is 0.791. The van der Waals surface area contributed by atoms with Gasteiger partial charge < -0.3 is 10.1 Å². The summed E-state index contributed by atoms with van der Waals surface area (Å²) in [6.45, 7) is 4.24. The molecule has 0 spiro atoms.